The molecule has 0 aromatic carbocycles. The highest BCUT2D eigenvalue weighted by atomic mass is 15.2. The van der Waals surface area contributed by atoms with E-state index in [-0.39, 0.29) is 0 Å². The van der Waals surface area contributed by atoms with E-state index < -0.39 is 0 Å². The smallest absolute Gasteiger partial charge is 0.0125 e. The van der Waals surface area contributed by atoms with E-state index in [1.165, 1.54) is 25.9 Å². The van der Waals surface area contributed by atoms with Crippen LogP contribution < -0.4 is 0 Å². The molecule has 0 saturated carbocycles. The molecule has 1 nitrogen and oxygen atoms in total. The fourth-order valence-corrected chi connectivity index (χ4v) is 1.80. The predicted molar refractivity (Wildman–Crippen MR) is 49.7 cm³/mol. The Morgan fingerprint density at radius 1 is 1.27 bits per heavy atom. The van der Waals surface area contributed by atoms with Crippen LogP contribution in [0.25, 0.3) is 0 Å². The van der Waals surface area contributed by atoms with Crippen LogP contribution in [-0.2, 0) is 0 Å². The summed E-state index contributed by atoms with van der Waals surface area (Å²) in [7, 11) is 0. The molecule has 1 saturated heterocycles. The average molecular weight is 155 g/mol. The molecule has 0 radical (unpaired) electrons. The Balaban J connectivity index is 2.46. The lowest BCUT2D eigenvalue weighted by Crippen LogP contribution is -2.46. The summed E-state index contributed by atoms with van der Waals surface area (Å²) in [5.41, 5.74) is 0.384. The van der Waals surface area contributed by atoms with Crippen LogP contribution >= 0.6 is 0 Å². The van der Waals surface area contributed by atoms with Gasteiger partial charge in [-0.15, -0.1) is 0 Å². The lowest BCUT2D eigenvalue weighted by Gasteiger charge is -2.40. The molecule has 0 spiro atoms. The number of nitrogens with zero attached hydrogens (tertiary/aromatic N) is 1. The summed E-state index contributed by atoms with van der Waals surface area (Å²) in [6, 6.07) is 0. The van der Waals surface area contributed by atoms with Crippen LogP contribution in [-0.4, -0.2) is 23.5 Å². The zero-order valence-electron chi connectivity index (χ0n) is 8.35. The average Bonchev–Trinajstić information content (AvgIpc) is 1.86. The molecule has 0 amide bonds. The Hall–Kier alpha value is -0.0400. The first kappa shape index (κ1) is 9.05. The molecule has 0 bridgehead atoms. The van der Waals surface area contributed by atoms with Crippen LogP contribution in [0.2, 0.25) is 0 Å². The Bertz CT molecular complexity index is 123. The quantitative estimate of drug-likeness (QED) is 0.519. The zero-order chi connectivity index (χ0) is 8.48. The van der Waals surface area contributed by atoms with Gasteiger partial charge in [0.25, 0.3) is 0 Å². The molecule has 1 heterocycles. The van der Waals surface area contributed by atoms with Gasteiger partial charge < -0.3 is 0 Å². The van der Waals surface area contributed by atoms with Gasteiger partial charge in [-0.05, 0) is 46.1 Å². The summed E-state index contributed by atoms with van der Waals surface area (Å²) >= 11 is 0. The third-order valence-electron chi connectivity index (χ3n) is 2.61. The molecule has 0 aromatic heterocycles. The van der Waals surface area contributed by atoms with Gasteiger partial charge >= 0.3 is 0 Å². The van der Waals surface area contributed by atoms with Crippen molar-refractivity contribution < 1.29 is 0 Å². The summed E-state index contributed by atoms with van der Waals surface area (Å²) in [6.07, 6.45) is 2.81. The van der Waals surface area contributed by atoms with Gasteiger partial charge in [0.1, 0.15) is 0 Å². The first-order chi connectivity index (χ1) is 5.00. The van der Waals surface area contributed by atoms with E-state index in [9.17, 15) is 0 Å². The maximum atomic E-state index is 2.60. The van der Waals surface area contributed by atoms with Gasteiger partial charge in [-0.2, -0.15) is 0 Å². The van der Waals surface area contributed by atoms with Crippen molar-refractivity contribution in [3.05, 3.63) is 0 Å². The van der Waals surface area contributed by atoms with Crippen molar-refractivity contribution in [2.24, 2.45) is 5.92 Å². The molecule has 0 aliphatic carbocycles. The van der Waals surface area contributed by atoms with E-state index >= 15 is 0 Å². The number of hydrogen-bond donors (Lipinski definition) is 0. The fourth-order valence-electron chi connectivity index (χ4n) is 1.80. The van der Waals surface area contributed by atoms with Crippen molar-refractivity contribution in [2.75, 3.05) is 13.1 Å². The summed E-state index contributed by atoms with van der Waals surface area (Å²) < 4.78 is 0. The van der Waals surface area contributed by atoms with Gasteiger partial charge in [-0.25, -0.2) is 0 Å². The molecule has 0 N–H and O–H groups in total. The molecule has 66 valence electrons. The molecule has 0 aromatic rings. The first-order valence-electron chi connectivity index (χ1n) is 4.75. The summed E-state index contributed by atoms with van der Waals surface area (Å²) in [6.45, 7) is 11.9. The lowest BCUT2D eigenvalue weighted by molar-refractivity contribution is 0.0843. The third-order valence-corrected chi connectivity index (χ3v) is 2.61. The van der Waals surface area contributed by atoms with Gasteiger partial charge in [-0.3, -0.25) is 4.90 Å². The van der Waals surface area contributed by atoms with Crippen LogP contribution in [0, 0.1) is 5.92 Å². The van der Waals surface area contributed by atoms with Crippen molar-refractivity contribution in [1.82, 2.24) is 4.90 Å². The lowest BCUT2D eigenvalue weighted by atomic mass is 9.95. The predicted octanol–water partition coefficient (Wildman–Crippen LogP) is 2.52. The summed E-state index contributed by atoms with van der Waals surface area (Å²) in [5.74, 6) is 0.906. The largest absolute Gasteiger partial charge is 0.298 e. The van der Waals surface area contributed by atoms with Gasteiger partial charge in [-0.1, -0.05) is 6.92 Å². The van der Waals surface area contributed by atoms with E-state index in [0.717, 1.165) is 5.92 Å². The second-order valence-corrected chi connectivity index (χ2v) is 4.86. The monoisotopic (exact) mass is 155 g/mol. The Labute approximate surface area is 70.8 Å². The molecule has 1 aliphatic rings. The SMILES string of the molecule is C[C@@H]1CCCN(C(C)(C)C)C1. The molecule has 1 aliphatic heterocycles. The van der Waals surface area contributed by atoms with E-state index in [0.29, 0.717) is 5.54 Å². The van der Waals surface area contributed by atoms with Crippen molar-refractivity contribution in [3.8, 4) is 0 Å². The molecular weight excluding hydrogens is 134 g/mol. The zero-order valence-corrected chi connectivity index (χ0v) is 8.35. The fraction of sp³-hybridized carbons (Fsp3) is 1.00. The van der Waals surface area contributed by atoms with Gasteiger partial charge in [0.05, 0.1) is 0 Å². The first-order valence-corrected chi connectivity index (χ1v) is 4.75. The normalized spacial score (nSPS) is 28.9. The Kier molecular flexibility index (Phi) is 2.58. The van der Waals surface area contributed by atoms with Crippen LogP contribution in [0.3, 0.4) is 0 Å². The van der Waals surface area contributed by atoms with Gasteiger partial charge in [0.2, 0.25) is 0 Å². The van der Waals surface area contributed by atoms with Crippen molar-refractivity contribution in [1.29, 1.82) is 0 Å². The highest BCUT2D eigenvalue weighted by Crippen LogP contribution is 2.22. The van der Waals surface area contributed by atoms with E-state index in [2.05, 4.69) is 32.6 Å². The summed E-state index contributed by atoms with van der Waals surface area (Å²) in [5, 5.41) is 0. The maximum Gasteiger partial charge on any atom is 0.0125 e. The molecular formula is C10H21N. The van der Waals surface area contributed by atoms with Crippen molar-refractivity contribution in [2.45, 2.75) is 46.1 Å². The van der Waals surface area contributed by atoms with Crippen LogP contribution in [0.1, 0.15) is 40.5 Å². The summed E-state index contributed by atoms with van der Waals surface area (Å²) in [4.78, 5) is 2.60. The van der Waals surface area contributed by atoms with Crippen LogP contribution in [0.5, 0.6) is 0 Å². The highest BCUT2D eigenvalue weighted by molar-refractivity contribution is 4.80. The number of rotatable bonds is 0. The van der Waals surface area contributed by atoms with Crippen molar-refractivity contribution >= 4 is 0 Å². The molecule has 1 atom stereocenters. The van der Waals surface area contributed by atoms with E-state index in [1.54, 1.807) is 0 Å². The minimum atomic E-state index is 0.384. The molecule has 1 heteroatoms. The standard InChI is InChI=1S/C10H21N/c1-9-6-5-7-11(8-9)10(2,3)4/h9H,5-8H2,1-4H3/t9-/m1/s1. The van der Waals surface area contributed by atoms with Crippen molar-refractivity contribution in [3.63, 3.8) is 0 Å². The third kappa shape index (κ3) is 2.48. The Morgan fingerprint density at radius 2 is 1.91 bits per heavy atom. The number of piperidine rings is 1. The topological polar surface area (TPSA) is 3.24 Å². The Morgan fingerprint density at radius 3 is 2.27 bits per heavy atom. The van der Waals surface area contributed by atoms with Crippen LogP contribution in [0.15, 0.2) is 0 Å². The van der Waals surface area contributed by atoms with Crippen LogP contribution in [0.4, 0.5) is 0 Å². The van der Waals surface area contributed by atoms with Gasteiger partial charge in [0, 0.05) is 12.1 Å². The minimum Gasteiger partial charge on any atom is -0.298 e. The second-order valence-electron chi connectivity index (χ2n) is 4.86. The second kappa shape index (κ2) is 3.14. The minimum absolute atomic E-state index is 0.384. The molecule has 1 fully saturated rings. The molecule has 11 heavy (non-hydrogen) atoms. The maximum absolute atomic E-state index is 2.60. The van der Waals surface area contributed by atoms with E-state index in [4.69, 9.17) is 0 Å². The van der Waals surface area contributed by atoms with E-state index in [1.807, 2.05) is 0 Å². The molecule has 0 unspecified atom stereocenters. The highest BCUT2D eigenvalue weighted by Gasteiger charge is 2.25. The van der Waals surface area contributed by atoms with Gasteiger partial charge in [0.15, 0.2) is 0 Å². The number of hydrogen-bond acceptors (Lipinski definition) is 1. The number of likely N-dealkylation sites (tertiary alicyclic amines) is 1. The molecule has 1 rings (SSSR count).